The topological polar surface area (TPSA) is 121 Å². The Bertz CT molecular complexity index is 2820. The number of benzene rings is 4. The number of unbranched alkanes of at least 4 members (excludes halogenated alkanes) is 1. The van der Waals surface area contributed by atoms with Gasteiger partial charge >= 0.3 is 0 Å². The Morgan fingerprint density at radius 2 is 1.33 bits per heavy atom. The first-order valence-corrected chi connectivity index (χ1v) is 20.3. The summed E-state index contributed by atoms with van der Waals surface area (Å²) in [6, 6.07) is 37.1. The number of rotatable bonds is 11. The molecule has 0 radical (unpaired) electrons. The standard InChI is InChI=1S/C50H49N7O/c1-7-9-14-33(8-2)50(58)57-49-45(41-26-22-35-16-11-13-18-39(35)53-41)43(37-24-20-30(4)28-32(37)6)48(56-49)55-47-42(36-23-19-29(3)27-31(36)5)44(46(51)54-47)40-25-21-34-15-10-12-17-38(34)52-40/h10-13,15-28,33,56H,7-9,14H2,1-6H3,(H,57,58)(H2,51,54,55). The first-order chi connectivity index (χ1) is 28.1. The molecule has 0 fully saturated rings. The van der Waals surface area contributed by atoms with Gasteiger partial charge in [0.05, 0.1) is 33.6 Å². The van der Waals surface area contributed by atoms with Crippen LogP contribution >= 0.6 is 0 Å². The Labute approximate surface area is 340 Å². The van der Waals surface area contributed by atoms with Gasteiger partial charge in [0.2, 0.25) is 5.91 Å². The summed E-state index contributed by atoms with van der Waals surface area (Å²) in [5.41, 5.74) is 19.5. The number of anilines is 1. The smallest absolute Gasteiger partial charge is 0.228 e. The summed E-state index contributed by atoms with van der Waals surface area (Å²) in [5, 5.41) is 5.40. The van der Waals surface area contributed by atoms with Crippen molar-refractivity contribution in [2.75, 3.05) is 5.32 Å². The van der Waals surface area contributed by atoms with Gasteiger partial charge in [-0.1, -0.05) is 123 Å². The average molecular weight is 764 g/mol. The van der Waals surface area contributed by atoms with E-state index in [-0.39, 0.29) is 11.8 Å². The Kier molecular flexibility index (Phi) is 10.6. The van der Waals surface area contributed by atoms with Crippen LogP contribution in [0.2, 0.25) is 0 Å². The molecule has 8 rings (SSSR count). The van der Waals surface area contributed by atoms with Crippen molar-refractivity contribution in [3.8, 4) is 22.4 Å². The van der Waals surface area contributed by atoms with E-state index in [0.29, 0.717) is 34.7 Å². The van der Waals surface area contributed by atoms with Crippen molar-refractivity contribution in [3.63, 3.8) is 0 Å². The van der Waals surface area contributed by atoms with Gasteiger partial charge in [0, 0.05) is 27.8 Å². The molecule has 7 aromatic rings. The second kappa shape index (κ2) is 16.1. The van der Waals surface area contributed by atoms with Gasteiger partial charge in [-0.15, -0.1) is 0 Å². The van der Waals surface area contributed by atoms with Gasteiger partial charge in [-0.3, -0.25) is 4.79 Å². The first-order valence-electron chi connectivity index (χ1n) is 20.3. The number of para-hydroxylation sites is 2. The first kappa shape index (κ1) is 38.2. The van der Waals surface area contributed by atoms with Gasteiger partial charge in [-0.2, -0.15) is 0 Å². The Morgan fingerprint density at radius 1 is 0.724 bits per heavy atom. The molecule has 4 aromatic carbocycles. The van der Waals surface area contributed by atoms with E-state index in [2.05, 4.69) is 113 Å². The highest BCUT2D eigenvalue weighted by atomic mass is 16.1. The second-order valence-corrected chi connectivity index (χ2v) is 15.4. The Balaban J connectivity index is 1.41. The highest BCUT2D eigenvalue weighted by Crippen LogP contribution is 2.47. The minimum Gasteiger partial charge on any atom is -0.383 e. The minimum atomic E-state index is -0.143. The molecule has 4 heterocycles. The summed E-state index contributed by atoms with van der Waals surface area (Å²) >= 11 is 0. The molecule has 1 aliphatic rings. The number of pyridine rings is 2. The lowest BCUT2D eigenvalue weighted by atomic mass is 9.93. The van der Waals surface area contributed by atoms with Gasteiger partial charge < -0.3 is 16.0 Å². The molecule has 0 saturated heterocycles. The number of aromatic amines is 1. The predicted octanol–water partition coefficient (Wildman–Crippen LogP) is 11.8. The maximum Gasteiger partial charge on any atom is 0.228 e. The van der Waals surface area contributed by atoms with Crippen LogP contribution in [0.3, 0.4) is 0 Å². The van der Waals surface area contributed by atoms with E-state index in [1.165, 1.54) is 0 Å². The van der Waals surface area contributed by atoms with Gasteiger partial charge in [0.1, 0.15) is 17.5 Å². The molecule has 58 heavy (non-hydrogen) atoms. The number of nitrogens with one attached hydrogen (secondary N) is 2. The fraction of sp³-hybridized carbons (Fsp3) is 0.220. The second-order valence-electron chi connectivity index (χ2n) is 15.4. The molecular formula is C50H49N7O. The molecule has 1 unspecified atom stereocenters. The number of aliphatic imine (C=N–C) groups is 2. The van der Waals surface area contributed by atoms with Crippen LogP contribution in [0.25, 0.3) is 55.3 Å². The van der Waals surface area contributed by atoms with Crippen LogP contribution < -0.4 is 11.1 Å². The number of carbonyl (C=O) groups excluding carboxylic acids is 1. The maximum absolute atomic E-state index is 14.2. The zero-order valence-electron chi connectivity index (χ0n) is 34.1. The number of aryl methyl sites for hydroxylation is 4. The van der Waals surface area contributed by atoms with Crippen LogP contribution in [0.15, 0.2) is 119 Å². The van der Waals surface area contributed by atoms with Crippen LogP contribution in [-0.4, -0.2) is 32.5 Å². The number of nitrogens with two attached hydrogens (primary N) is 1. The molecule has 290 valence electrons. The number of H-pyrrole nitrogens is 1. The molecule has 4 N–H and O–H groups in total. The number of amides is 1. The summed E-state index contributed by atoms with van der Waals surface area (Å²) in [5.74, 6) is 1.69. The number of amidine groups is 2. The number of fused-ring (bicyclic) bond motifs is 2. The van der Waals surface area contributed by atoms with Gasteiger partial charge in [0.15, 0.2) is 5.84 Å². The number of nitrogens with zero attached hydrogens (tertiary/aromatic N) is 4. The predicted molar refractivity (Wildman–Crippen MR) is 242 cm³/mol. The van der Waals surface area contributed by atoms with E-state index in [1.807, 2.05) is 48.5 Å². The van der Waals surface area contributed by atoms with Crippen molar-refractivity contribution in [2.45, 2.75) is 67.2 Å². The van der Waals surface area contributed by atoms with Crippen molar-refractivity contribution in [2.24, 2.45) is 21.6 Å². The quantitative estimate of drug-likeness (QED) is 0.121. The van der Waals surface area contributed by atoms with Crippen LogP contribution in [0, 0.1) is 33.6 Å². The van der Waals surface area contributed by atoms with Gasteiger partial charge in [-0.25, -0.2) is 20.0 Å². The molecule has 8 heteroatoms. The third-order valence-corrected chi connectivity index (χ3v) is 11.2. The fourth-order valence-corrected chi connectivity index (χ4v) is 8.14. The van der Waals surface area contributed by atoms with Gasteiger partial charge in [0.25, 0.3) is 0 Å². The van der Waals surface area contributed by atoms with E-state index in [9.17, 15) is 4.79 Å². The Hall–Kier alpha value is -6.67. The normalized spacial score (nSPS) is 14.1. The zero-order valence-corrected chi connectivity index (χ0v) is 34.1. The van der Waals surface area contributed by atoms with Gasteiger partial charge in [-0.05, 0) is 87.1 Å². The summed E-state index contributed by atoms with van der Waals surface area (Å²) in [6.07, 6.45) is 3.54. The summed E-state index contributed by atoms with van der Waals surface area (Å²) in [7, 11) is 0. The average Bonchev–Trinajstić information content (AvgIpc) is 3.73. The number of aromatic nitrogens is 3. The van der Waals surface area contributed by atoms with E-state index in [4.69, 9.17) is 25.7 Å². The summed E-state index contributed by atoms with van der Waals surface area (Å²) < 4.78 is 0. The lowest BCUT2D eigenvalue weighted by Crippen LogP contribution is -2.22. The third kappa shape index (κ3) is 7.34. The molecular weight excluding hydrogens is 715 g/mol. The van der Waals surface area contributed by atoms with E-state index < -0.39 is 0 Å². The van der Waals surface area contributed by atoms with Crippen molar-refractivity contribution in [1.82, 2.24) is 15.0 Å². The number of hydrogen-bond acceptors (Lipinski definition) is 5. The van der Waals surface area contributed by atoms with E-state index >= 15 is 0 Å². The number of carbonyl (C=O) groups is 1. The maximum atomic E-state index is 14.2. The lowest BCUT2D eigenvalue weighted by Gasteiger charge is -2.16. The van der Waals surface area contributed by atoms with Crippen LogP contribution in [0.5, 0.6) is 0 Å². The largest absolute Gasteiger partial charge is 0.383 e. The van der Waals surface area contributed by atoms with Crippen LogP contribution in [0.1, 0.15) is 73.0 Å². The lowest BCUT2D eigenvalue weighted by molar-refractivity contribution is -0.120. The number of hydrogen-bond donors (Lipinski definition) is 3. The molecule has 1 aliphatic heterocycles. The zero-order chi connectivity index (χ0) is 40.5. The molecule has 0 spiro atoms. The molecule has 0 saturated carbocycles. The summed E-state index contributed by atoms with van der Waals surface area (Å²) in [4.78, 5) is 38.5. The highest BCUT2D eigenvalue weighted by Gasteiger charge is 2.31. The molecule has 8 nitrogen and oxygen atoms in total. The highest BCUT2D eigenvalue weighted by molar-refractivity contribution is 6.49. The van der Waals surface area contributed by atoms with Crippen LogP contribution in [-0.2, 0) is 4.79 Å². The van der Waals surface area contributed by atoms with Crippen molar-refractivity contribution < 1.29 is 4.79 Å². The molecule has 0 aliphatic carbocycles. The monoisotopic (exact) mass is 763 g/mol. The fourth-order valence-electron chi connectivity index (χ4n) is 8.14. The van der Waals surface area contributed by atoms with Crippen LogP contribution in [0.4, 0.5) is 11.6 Å². The molecule has 3 aromatic heterocycles. The van der Waals surface area contributed by atoms with E-state index in [0.717, 1.165) is 103 Å². The summed E-state index contributed by atoms with van der Waals surface area (Å²) in [6.45, 7) is 12.6. The van der Waals surface area contributed by atoms with Crippen molar-refractivity contribution >= 4 is 62.2 Å². The van der Waals surface area contributed by atoms with E-state index in [1.54, 1.807) is 0 Å². The van der Waals surface area contributed by atoms with Crippen molar-refractivity contribution in [3.05, 3.63) is 143 Å². The Morgan fingerprint density at radius 3 is 1.95 bits per heavy atom. The molecule has 0 bridgehead atoms. The molecule has 1 amide bonds. The molecule has 1 atom stereocenters. The minimum absolute atomic E-state index is 0.0331. The third-order valence-electron chi connectivity index (χ3n) is 11.2. The van der Waals surface area contributed by atoms with Crippen molar-refractivity contribution in [1.29, 1.82) is 0 Å². The SMILES string of the molecule is CCCCC(CC)C(=O)Nc1[nH]c(N=C2N=C(N)C(c3ccc4ccccc4n3)=C2c2ccc(C)cc2C)c(-c2ccc(C)cc2C)c1-c1ccc2ccccc2n1.